The van der Waals surface area contributed by atoms with E-state index in [-0.39, 0.29) is 0 Å². The van der Waals surface area contributed by atoms with Crippen molar-refractivity contribution in [1.82, 2.24) is 5.32 Å². The summed E-state index contributed by atoms with van der Waals surface area (Å²) in [6, 6.07) is 8.79. The standard InChI is InChI=1S/C15H24N2O/c1-2-8-16-10-13-3-5-15(6-4-13)17-9-7-14(11-17)12-18/h3-6,14,16,18H,2,7-12H2,1H3. The molecule has 1 saturated heterocycles. The molecule has 100 valence electrons. The molecular formula is C15H24N2O. The number of rotatable bonds is 6. The van der Waals surface area contributed by atoms with E-state index in [1.165, 1.54) is 17.7 Å². The first-order valence-corrected chi connectivity index (χ1v) is 6.99. The summed E-state index contributed by atoms with van der Waals surface area (Å²) in [6.45, 7) is 6.58. The number of nitrogens with one attached hydrogen (secondary N) is 1. The van der Waals surface area contributed by atoms with E-state index < -0.39 is 0 Å². The van der Waals surface area contributed by atoms with Crippen molar-refractivity contribution < 1.29 is 5.11 Å². The lowest BCUT2D eigenvalue weighted by Gasteiger charge is -2.18. The van der Waals surface area contributed by atoms with Crippen LogP contribution < -0.4 is 10.2 Å². The fourth-order valence-corrected chi connectivity index (χ4v) is 2.45. The maximum atomic E-state index is 9.16. The SMILES string of the molecule is CCCNCc1ccc(N2CCC(CO)C2)cc1. The second-order valence-corrected chi connectivity index (χ2v) is 5.13. The first-order chi connectivity index (χ1) is 8.83. The smallest absolute Gasteiger partial charge is 0.0476 e. The Labute approximate surface area is 110 Å². The monoisotopic (exact) mass is 248 g/mol. The summed E-state index contributed by atoms with van der Waals surface area (Å²) in [6.07, 6.45) is 2.28. The largest absolute Gasteiger partial charge is 0.396 e. The molecule has 1 heterocycles. The van der Waals surface area contributed by atoms with E-state index in [0.29, 0.717) is 12.5 Å². The minimum Gasteiger partial charge on any atom is -0.396 e. The predicted octanol–water partition coefficient (Wildman–Crippen LogP) is 2.00. The molecule has 1 aromatic carbocycles. The Kier molecular flexibility index (Phi) is 5.02. The van der Waals surface area contributed by atoms with Crippen molar-refractivity contribution in [1.29, 1.82) is 0 Å². The van der Waals surface area contributed by atoms with Gasteiger partial charge < -0.3 is 15.3 Å². The van der Waals surface area contributed by atoms with E-state index in [0.717, 1.165) is 32.6 Å². The van der Waals surface area contributed by atoms with Gasteiger partial charge >= 0.3 is 0 Å². The van der Waals surface area contributed by atoms with Crippen LogP contribution >= 0.6 is 0 Å². The molecule has 18 heavy (non-hydrogen) atoms. The molecule has 3 heteroatoms. The van der Waals surface area contributed by atoms with Gasteiger partial charge in [0, 0.05) is 37.8 Å². The molecule has 2 rings (SSSR count). The van der Waals surface area contributed by atoms with Crippen LogP contribution in [-0.4, -0.2) is 31.3 Å². The zero-order valence-corrected chi connectivity index (χ0v) is 11.2. The van der Waals surface area contributed by atoms with Gasteiger partial charge in [-0.3, -0.25) is 0 Å². The van der Waals surface area contributed by atoms with E-state index in [1.807, 2.05) is 0 Å². The third kappa shape index (κ3) is 3.47. The number of anilines is 1. The Balaban J connectivity index is 1.87. The number of hydrogen-bond acceptors (Lipinski definition) is 3. The van der Waals surface area contributed by atoms with Gasteiger partial charge in [-0.15, -0.1) is 0 Å². The summed E-state index contributed by atoms with van der Waals surface area (Å²) in [5.74, 6) is 0.455. The van der Waals surface area contributed by atoms with Crippen molar-refractivity contribution in [3.05, 3.63) is 29.8 Å². The maximum absolute atomic E-state index is 9.16. The van der Waals surface area contributed by atoms with Gasteiger partial charge in [-0.2, -0.15) is 0 Å². The van der Waals surface area contributed by atoms with E-state index in [9.17, 15) is 0 Å². The van der Waals surface area contributed by atoms with E-state index >= 15 is 0 Å². The molecule has 0 saturated carbocycles. The molecule has 0 aliphatic carbocycles. The zero-order chi connectivity index (χ0) is 12.8. The quantitative estimate of drug-likeness (QED) is 0.756. The highest BCUT2D eigenvalue weighted by molar-refractivity contribution is 5.48. The normalized spacial score (nSPS) is 19.4. The summed E-state index contributed by atoms with van der Waals surface area (Å²) < 4.78 is 0. The molecule has 1 aliphatic rings. The van der Waals surface area contributed by atoms with Crippen LogP contribution in [0.25, 0.3) is 0 Å². The topological polar surface area (TPSA) is 35.5 Å². The van der Waals surface area contributed by atoms with Crippen LogP contribution in [0.3, 0.4) is 0 Å². The first kappa shape index (κ1) is 13.4. The van der Waals surface area contributed by atoms with Crippen molar-refractivity contribution in [2.75, 3.05) is 31.1 Å². The molecule has 2 N–H and O–H groups in total. The summed E-state index contributed by atoms with van der Waals surface area (Å²) in [4.78, 5) is 2.37. The van der Waals surface area contributed by atoms with Crippen LogP contribution in [0.1, 0.15) is 25.3 Å². The van der Waals surface area contributed by atoms with E-state index in [4.69, 9.17) is 5.11 Å². The molecule has 1 aliphatic heterocycles. The number of nitrogens with zero attached hydrogens (tertiary/aromatic N) is 1. The Bertz CT molecular complexity index is 350. The number of aliphatic hydroxyl groups is 1. The first-order valence-electron chi connectivity index (χ1n) is 6.99. The average molecular weight is 248 g/mol. The summed E-state index contributed by atoms with van der Waals surface area (Å²) in [7, 11) is 0. The molecule has 0 aromatic heterocycles. The van der Waals surface area contributed by atoms with Crippen LogP contribution in [0.2, 0.25) is 0 Å². The second kappa shape index (κ2) is 6.76. The Morgan fingerprint density at radius 3 is 2.72 bits per heavy atom. The molecule has 3 nitrogen and oxygen atoms in total. The average Bonchev–Trinajstić information content (AvgIpc) is 2.89. The highest BCUT2D eigenvalue weighted by atomic mass is 16.3. The fourth-order valence-electron chi connectivity index (χ4n) is 2.45. The fraction of sp³-hybridized carbons (Fsp3) is 0.600. The van der Waals surface area contributed by atoms with Crippen LogP contribution in [0.4, 0.5) is 5.69 Å². The Hall–Kier alpha value is -1.06. The molecule has 0 amide bonds. The van der Waals surface area contributed by atoms with Gasteiger partial charge in [0.2, 0.25) is 0 Å². The van der Waals surface area contributed by atoms with Crippen molar-refractivity contribution in [3.63, 3.8) is 0 Å². The van der Waals surface area contributed by atoms with Gasteiger partial charge in [0.1, 0.15) is 0 Å². The van der Waals surface area contributed by atoms with Crippen molar-refractivity contribution in [2.45, 2.75) is 26.3 Å². The molecule has 0 spiro atoms. The van der Waals surface area contributed by atoms with Gasteiger partial charge in [-0.25, -0.2) is 0 Å². The minimum absolute atomic E-state index is 0.315. The third-order valence-electron chi connectivity index (χ3n) is 3.60. The van der Waals surface area contributed by atoms with Gasteiger partial charge in [-0.05, 0) is 37.1 Å². The molecule has 1 aromatic rings. The number of hydrogen-bond donors (Lipinski definition) is 2. The van der Waals surface area contributed by atoms with E-state index in [2.05, 4.69) is 41.4 Å². The lowest BCUT2D eigenvalue weighted by Crippen LogP contribution is -2.20. The molecule has 0 bridgehead atoms. The van der Waals surface area contributed by atoms with Crippen LogP contribution in [-0.2, 0) is 6.54 Å². The Morgan fingerprint density at radius 2 is 2.11 bits per heavy atom. The van der Waals surface area contributed by atoms with Gasteiger partial charge in [0.05, 0.1) is 0 Å². The lowest BCUT2D eigenvalue weighted by atomic mass is 10.1. The van der Waals surface area contributed by atoms with Gasteiger partial charge in [0.15, 0.2) is 0 Å². The van der Waals surface area contributed by atoms with Gasteiger partial charge in [0.25, 0.3) is 0 Å². The zero-order valence-electron chi connectivity index (χ0n) is 11.2. The van der Waals surface area contributed by atoms with Gasteiger partial charge in [-0.1, -0.05) is 19.1 Å². The summed E-state index contributed by atoms with van der Waals surface area (Å²) >= 11 is 0. The lowest BCUT2D eigenvalue weighted by molar-refractivity contribution is 0.238. The molecular weight excluding hydrogens is 224 g/mol. The van der Waals surface area contributed by atoms with Crippen molar-refractivity contribution in [2.24, 2.45) is 5.92 Å². The molecule has 0 radical (unpaired) electrons. The molecule has 1 unspecified atom stereocenters. The Morgan fingerprint density at radius 1 is 1.33 bits per heavy atom. The second-order valence-electron chi connectivity index (χ2n) is 5.13. The third-order valence-corrected chi connectivity index (χ3v) is 3.60. The summed E-state index contributed by atoms with van der Waals surface area (Å²) in [5, 5.41) is 12.6. The minimum atomic E-state index is 0.315. The predicted molar refractivity (Wildman–Crippen MR) is 75.8 cm³/mol. The van der Waals surface area contributed by atoms with E-state index in [1.54, 1.807) is 0 Å². The van der Waals surface area contributed by atoms with Crippen LogP contribution in [0.15, 0.2) is 24.3 Å². The van der Waals surface area contributed by atoms with Crippen LogP contribution in [0, 0.1) is 5.92 Å². The maximum Gasteiger partial charge on any atom is 0.0476 e. The van der Waals surface area contributed by atoms with Crippen LogP contribution in [0.5, 0.6) is 0 Å². The highest BCUT2D eigenvalue weighted by Gasteiger charge is 2.21. The van der Waals surface area contributed by atoms with Crippen molar-refractivity contribution in [3.8, 4) is 0 Å². The highest BCUT2D eigenvalue weighted by Crippen LogP contribution is 2.23. The van der Waals surface area contributed by atoms with Crippen molar-refractivity contribution >= 4 is 5.69 Å². The summed E-state index contributed by atoms with van der Waals surface area (Å²) in [5.41, 5.74) is 2.62. The molecule has 1 fully saturated rings. The molecule has 1 atom stereocenters. The number of aliphatic hydroxyl groups excluding tert-OH is 1. The number of benzene rings is 1.